The quantitative estimate of drug-likeness (QED) is 0.768. The minimum absolute atomic E-state index is 0.379. The summed E-state index contributed by atoms with van der Waals surface area (Å²) in [5.74, 6) is -0.00280. The fourth-order valence-electron chi connectivity index (χ4n) is 2.17. The average Bonchev–Trinajstić information content (AvgIpc) is 2.29. The molecule has 5 heteroatoms. The Kier molecular flexibility index (Phi) is 3.19. The van der Waals surface area contributed by atoms with Gasteiger partial charge in [-0.05, 0) is 19.3 Å². The van der Waals surface area contributed by atoms with Crippen molar-refractivity contribution in [2.45, 2.75) is 31.8 Å². The van der Waals surface area contributed by atoms with Crippen molar-refractivity contribution in [1.82, 2.24) is 4.98 Å². The minimum Gasteiger partial charge on any atom is -0.398 e. The molecule has 2 heterocycles. The van der Waals surface area contributed by atoms with Gasteiger partial charge in [-0.3, -0.25) is 0 Å². The number of hydrogen-bond donors (Lipinski definition) is 2. The highest BCUT2D eigenvalue weighted by molar-refractivity contribution is 5.50. The number of halogens is 1. The maximum atomic E-state index is 13.1. The van der Waals surface area contributed by atoms with Gasteiger partial charge in [-0.25, -0.2) is 4.98 Å². The average molecular weight is 239 g/mol. The first-order valence-electron chi connectivity index (χ1n) is 5.93. The van der Waals surface area contributed by atoms with Crippen molar-refractivity contribution in [2.24, 2.45) is 0 Å². The monoisotopic (exact) mass is 239 g/mol. The second-order valence-electron chi connectivity index (χ2n) is 4.65. The van der Waals surface area contributed by atoms with Crippen LogP contribution in [0, 0.1) is 5.95 Å². The van der Waals surface area contributed by atoms with Crippen molar-refractivity contribution in [3.05, 3.63) is 18.1 Å². The Balaban J connectivity index is 2.10. The molecule has 0 bridgehead atoms. The number of rotatable bonds is 2. The molecule has 0 saturated carbocycles. The summed E-state index contributed by atoms with van der Waals surface area (Å²) in [5, 5.41) is 10.1. The fraction of sp³-hybridized carbons (Fsp3) is 0.583. The standard InChI is InChI=1S/C12H18FN3O/c1-2-12(17)3-5-16(6-4-12)11-8-9(14)7-10(13)15-11/h7-8,17H,2-6H2,1H3,(H2,14,15). The smallest absolute Gasteiger partial charge is 0.216 e. The second-order valence-corrected chi connectivity index (χ2v) is 4.65. The van der Waals surface area contributed by atoms with E-state index in [1.165, 1.54) is 6.07 Å². The zero-order chi connectivity index (χ0) is 12.5. The summed E-state index contributed by atoms with van der Waals surface area (Å²) < 4.78 is 13.1. The molecule has 3 N–H and O–H groups in total. The molecule has 0 radical (unpaired) electrons. The number of hydrogen-bond acceptors (Lipinski definition) is 4. The molecular formula is C12H18FN3O. The highest BCUT2D eigenvalue weighted by Gasteiger charge is 2.30. The summed E-state index contributed by atoms with van der Waals surface area (Å²) >= 11 is 0. The molecule has 1 aliphatic heterocycles. The van der Waals surface area contributed by atoms with Crippen LogP contribution in [0.1, 0.15) is 26.2 Å². The lowest BCUT2D eigenvalue weighted by molar-refractivity contribution is 0.0124. The first kappa shape index (κ1) is 12.1. The molecule has 1 saturated heterocycles. The highest BCUT2D eigenvalue weighted by atomic mass is 19.1. The molecule has 0 spiro atoms. The van der Waals surface area contributed by atoms with Crippen LogP contribution in [0.4, 0.5) is 15.9 Å². The Morgan fingerprint density at radius 3 is 2.65 bits per heavy atom. The largest absolute Gasteiger partial charge is 0.398 e. The number of nitrogen functional groups attached to an aromatic ring is 1. The van der Waals surface area contributed by atoms with Gasteiger partial charge in [0.1, 0.15) is 5.82 Å². The summed E-state index contributed by atoms with van der Waals surface area (Å²) in [6.07, 6.45) is 2.11. The molecule has 0 aliphatic carbocycles. The Hall–Kier alpha value is -1.36. The van der Waals surface area contributed by atoms with Crippen molar-refractivity contribution in [2.75, 3.05) is 23.7 Å². The van der Waals surface area contributed by atoms with E-state index in [9.17, 15) is 9.50 Å². The van der Waals surface area contributed by atoms with E-state index in [0.717, 1.165) is 6.42 Å². The molecular weight excluding hydrogens is 221 g/mol. The molecule has 17 heavy (non-hydrogen) atoms. The van der Waals surface area contributed by atoms with Crippen LogP contribution in [-0.4, -0.2) is 28.8 Å². The van der Waals surface area contributed by atoms with E-state index in [-0.39, 0.29) is 0 Å². The van der Waals surface area contributed by atoms with E-state index in [1.54, 1.807) is 6.07 Å². The topological polar surface area (TPSA) is 62.4 Å². The summed E-state index contributed by atoms with van der Waals surface area (Å²) in [6, 6.07) is 2.87. The molecule has 1 aromatic rings. The minimum atomic E-state index is -0.574. The van der Waals surface area contributed by atoms with Crippen LogP contribution in [0.3, 0.4) is 0 Å². The number of pyridine rings is 1. The number of piperidine rings is 1. The SMILES string of the molecule is CCC1(O)CCN(c2cc(N)cc(F)n2)CC1. The lowest BCUT2D eigenvalue weighted by Gasteiger charge is -2.38. The molecule has 94 valence electrons. The van der Waals surface area contributed by atoms with E-state index in [1.807, 2.05) is 11.8 Å². The zero-order valence-corrected chi connectivity index (χ0v) is 9.99. The number of nitrogens with two attached hydrogens (primary N) is 1. The number of nitrogens with zero attached hydrogens (tertiary/aromatic N) is 2. The second kappa shape index (κ2) is 4.49. The van der Waals surface area contributed by atoms with E-state index in [0.29, 0.717) is 37.4 Å². The van der Waals surface area contributed by atoms with Gasteiger partial charge in [-0.1, -0.05) is 6.92 Å². The van der Waals surface area contributed by atoms with Crippen LogP contribution in [0.15, 0.2) is 12.1 Å². The molecule has 1 aromatic heterocycles. The number of aromatic nitrogens is 1. The van der Waals surface area contributed by atoms with Crippen LogP contribution in [-0.2, 0) is 0 Å². The number of aliphatic hydroxyl groups is 1. The third-order valence-corrected chi connectivity index (χ3v) is 3.48. The molecule has 0 amide bonds. The molecule has 4 nitrogen and oxygen atoms in total. The number of anilines is 2. The van der Waals surface area contributed by atoms with Crippen molar-refractivity contribution >= 4 is 11.5 Å². The van der Waals surface area contributed by atoms with Gasteiger partial charge in [0, 0.05) is 30.9 Å². The van der Waals surface area contributed by atoms with Crippen LogP contribution in [0.25, 0.3) is 0 Å². The molecule has 0 aromatic carbocycles. The van der Waals surface area contributed by atoms with Gasteiger partial charge >= 0.3 is 0 Å². The predicted molar refractivity (Wildman–Crippen MR) is 65.3 cm³/mol. The van der Waals surface area contributed by atoms with Crippen molar-refractivity contribution in [1.29, 1.82) is 0 Å². The predicted octanol–water partition coefficient (Wildman–Crippen LogP) is 1.54. The molecule has 2 rings (SSSR count). The van der Waals surface area contributed by atoms with Crippen LogP contribution in [0.2, 0.25) is 0 Å². The molecule has 0 unspecified atom stereocenters. The lowest BCUT2D eigenvalue weighted by atomic mass is 9.89. The van der Waals surface area contributed by atoms with Crippen LogP contribution >= 0.6 is 0 Å². The van der Waals surface area contributed by atoms with Gasteiger partial charge in [0.25, 0.3) is 0 Å². The Morgan fingerprint density at radius 1 is 1.47 bits per heavy atom. The Labute approximate surface area is 100 Å². The van der Waals surface area contributed by atoms with Gasteiger partial charge < -0.3 is 15.7 Å². The third kappa shape index (κ3) is 2.66. The van der Waals surface area contributed by atoms with Gasteiger partial charge in [-0.2, -0.15) is 4.39 Å². The summed E-state index contributed by atoms with van der Waals surface area (Å²) in [4.78, 5) is 5.79. The van der Waals surface area contributed by atoms with Gasteiger partial charge in [0.15, 0.2) is 0 Å². The van der Waals surface area contributed by atoms with Gasteiger partial charge in [0.05, 0.1) is 5.60 Å². The van der Waals surface area contributed by atoms with Crippen molar-refractivity contribution in [3.63, 3.8) is 0 Å². The summed E-state index contributed by atoms with van der Waals surface area (Å²) in [6.45, 7) is 3.34. The lowest BCUT2D eigenvalue weighted by Crippen LogP contribution is -2.44. The molecule has 1 aliphatic rings. The highest BCUT2D eigenvalue weighted by Crippen LogP contribution is 2.28. The Morgan fingerprint density at radius 2 is 2.12 bits per heavy atom. The van der Waals surface area contributed by atoms with Crippen LogP contribution < -0.4 is 10.6 Å². The first-order chi connectivity index (χ1) is 8.02. The van der Waals surface area contributed by atoms with E-state index in [2.05, 4.69) is 4.98 Å². The van der Waals surface area contributed by atoms with Gasteiger partial charge in [-0.15, -0.1) is 0 Å². The maximum absolute atomic E-state index is 13.1. The van der Waals surface area contributed by atoms with Crippen molar-refractivity contribution < 1.29 is 9.50 Å². The summed E-state index contributed by atoms with van der Waals surface area (Å²) in [5.41, 5.74) is 5.39. The van der Waals surface area contributed by atoms with Crippen molar-refractivity contribution in [3.8, 4) is 0 Å². The molecule has 0 atom stereocenters. The zero-order valence-electron chi connectivity index (χ0n) is 9.99. The summed E-state index contributed by atoms with van der Waals surface area (Å²) in [7, 11) is 0. The first-order valence-corrected chi connectivity index (χ1v) is 5.93. The van der Waals surface area contributed by atoms with Gasteiger partial charge in [0.2, 0.25) is 5.95 Å². The fourth-order valence-corrected chi connectivity index (χ4v) is 2.17. The molecule has 1 fully saturated rings. The van der Waals surface area contributed by atoms with E-state index < -0.39 is 11.5 Å². The maximum Gasteiger partial charge on any atom is 0.216 e. The normalized spacial score (nSPS) is 19.4. The Bertz CT molecular complexity index is 382. The van der Waals surface area contributed by atoms with E-state index >= 15 is 0 Å². The third-order valence-electron chi connectivity index (χ3n) is 3.48. The van der Waals surface area contributed by atoms with E-state index in [4.69, 9.17) is 5.73 Å². The van der Waals surface area contributed by atoms with Crippen LogP contribution in [0.5, 0.6) is 0 Å².